The largest absolute Gasteiger partial charge is 0.490 e. The lowest BCUT2D eigenvalue weighted by Gasteiger charge is -2.26. The van der Waals surface area contributed by atoms with E-state index in [0.717, 1.165) is 11.1 Å². The number of esters is 1. The minimum atomic E-state index is -5.08. The molecule has 1 rings (SSSR count). The van der Waals surface area contributed by atoms with Gasteiger partial charge in [0.2, 0.25) is 5.91 Å². The molecule has 0 radical (unpaired) electrons. The Hall–Kier alpha value is -2.62. The third-order valence-corrected chi connectivity index (χ3v) is 5.16. The standard InChI is InChI=1S/C23H38N2O3.C2HF3O2/c1-14(2)17-10-9-11-18(15(3)4)21(17)28-19(26)12-23(7,8)13-25-22(27)20(24)16(5)6;3-2(4,5)1(6)7/h9-11,14-16,20H,12-13,24H2,1-8H3,(H,25,27);(H,6,7)/t20-;/m0./s1. The van der Waals surface area contributed by atoms with Crippen LogP contribution in [0.4, 0.5) is 13.2 Å². The fraction of sp³-hybridized carbons (Fsp3) is 0.640. The number of hydrogen-bond acceptors (Lipinski definition) is 5. The predicted molar refractivity (Wildman–Crippen MR) is 128 cm³/mol. The number of aliphatic carboxylic acids is 1. The van der Waals surface area contributed by atoms with Crippen molar-refractivity contribution in [2.75, 3.05) is 6.54 Å². The van der Waals surface area contributed by atoms with Crippen molar-refractivity contribution in [1.82, 2.24) is 5.32 Å². The number of benzene rings is 1. The number of nitrogens with two attached hydrogens (primary N) is 1. The molecular weight excluding hydrogens is 465 g/mol. The highest BCUT2D eigenvalue weighted by Crippen LogP contribution is 2.35. The summed E-state index contributed by atoms with van der Waals surface area (Å²) in [7, 11) is 0. The number of amides is 1. The molecule has 200 valence electrons. The number of rotatable bonds is 9. The molecule has 0 saturated heterocycles. The zero-order chi connectivity index (χ0) is 27.7. The van der Waals surface area contributed by atoms with Crippen LogP contribution in [0, 0.1) is 11.3 Å². The summed E-state index contributed by atoms with van der Waals surface area (Å²) >= 11 is 0. The van der Waals surface area contributed by atoms with Gasteiger partial charge in [0.25, 0.3) is 0 Å². The average Bonchev–Trinajstić information content (AvgIpc) is 2.70. The molecule has 0 heterocycles. The Morgan fingerprint density at radius 2 is 1.43 bits per heavy atom. The van der Waals surface area contributed by atoms with Crippen LogP contribution in [0.15, 0.2) is 18.2 Å². The lowest BCUT2D eigenvalue weighted by atomic mass is 9.89. The van der Waals surface area contributed by atoms with E-state index in [9.17, 15) is 22.8 Å². The Balaban J connectivity index is 0.00000143. The molecule has 7 nitrogen and oxygen atoms in total. The van der Waals surface area contributed by atoms with Crippen LogP contribution in [-0.2, 0) is 14.4 Å². The van der Waals surface area contributed by atoms with Gasteiger partial charge in [-0.15, -0.1) is 0 Å². The van der Waals surface area contributed by atoms with Gasteiger partial charge >= 0.3 is 18.1 Å². The van der Waals surface area contributed by atoms with E-state index in [1.54, 1.807) is 0 Å². The monoisotopic (exact) mass is 504 g/mol. The second-order valence-electron chi connectivity index (χ2n) is 10.2. The summed E-state index contributed by atoms with van der Waals surface area (Å²) in [5.41, 5.74) is 7.51. The van der Waals surface area contributed by atoms with E-state index in [4.69, 9.17) is 20.4 Å². The molecule has 0 aliphatic carbocycles. The van der Waals surface area contributed by atoms with Gasteiger partial charge in [-0.25, -0.2) is 4.79 Å². The zero-order valence-corrected chi connectivity index (χ0v) is 21.7. The fourth-order valence-corrected chi connectivity index (χ4v) is 2.95. The Kier molecular flexibility index (Phi) is 12.5. The van der Waals surface area contributed by atoms with Crippen molar-refractivity contribution in [1.29, 1.82) is 0 Å². The maximum absolute atomic E-state index is 12.7. The summed E-state index contributed by atoms with van der Waals surface area (Å²) in [4.78, 5) is 33.7. The van der Waals surface area contributed by atoms with E-state index in [-0.39, 0.29) is 36.1 Å². The highest BCUT2D eigenvalue weighted by Gasteiger charge is 2.38. The molecule has 0 aliphatic rings. The molecule has 4 N–H and O–H groups in total. The summed E-state index contributed by atoms with van der Waals surface area (Å²) in [6, 6.07) is 5.49. The number of ether oxygens (including phenoxy) is 1. The summed E-state index contributed by atoms with van der Waals surface area (Å²) in [6.45, 7) is 16.4. The first kappa shape index (κ1) is 32.4. The van der Waals surface area contributed by atoms with Crippen molar-refractivity contribution in [3.05, 3.63) is 29.3 Å². The molecule has 0 fully saturated rings. The summed E-state index contributed by atoms with van der Waals surface area (Å²) in [5.74, 6) is -1.98. The van der Waals surface area contributed by atoms with E-state index in [2.05, 4.69) is 33.0 Å². The van der Waals surface area contributed by atoms with Crippen molar-refractivity contribution in [3.63, 3.8) is 0 Å². The highest BCUT2D eigenvalue weighted by molar-refractivity contribution is 5.82. The number of halogens is 3. The number of carbonyl (C=O) groups is 3. The number of para-hydroxylation sites is 1. The number of carboxylic acids is 1. The molecule has 1 aromatic carbocycles. The Morgan fingerprint density at radius 3 is 1.77 bits per heavy atom. The minimum Gasteiger partial charge on any atom is -0.475 e. The summed E-state index contributed by atoms with van der Waals surface area (Å²) in [6.07, 6.45) is -4.88. The molecule has 10 heteroatoms. The lowest BCUT2D eigenvalue weighted by molar-refractivity contribution is -0.192. The van der Waals surface area contributed by atoms with Crippen molar-refractivity contribution >= 4 is 17.8 Å². The minimum absolute atomic E-state index is 0.0649. The average molecular weight is 505 g/mol. The number of carbonyl (C=O) groups excluding carboxylic acids is 2. The Labute approximate surface area is 205 Å². The van der Waals surface area contributed by atoms with E-state index in [1.807, 2.05) is 45.9 Å². The fourth-order valence-electron chi connectivity index (χ4n) is 2.95. The molecule has 1 aromatic rings. The van der Waals surface area contributed by atoms with E-state index < -0.39 is 23.6 Å². The molecule has 35 heavy (non-hydrogen) atoms. The van der Waals surface area contributed by atoms with Gasteiger partial charge in [0.15, 0.2) is 0 Å². The maximum Gasteiger partial charge on any atom is 0.490 e. The molecule has 0 spiro atoms. The molecule has 0 bridgehead atoms. The first-order chi connectivity index (χ1) is 15.8. The molecule has 0 saturated carbocycles. The van der Waals surface area contributed by atoms with Gasteiger partial charge in [-0.2, -0.15) is 13.2 Å². The molecule has 1 atom stereocenters. The van der Waals surface area contributed by atoms with Crippen LogP contribution in [0.2, 0.25) is 0 Å². The lowest BCUT2D eigenvalue weighted by Crippen LogP contribution is -2.47. The van der Waals surface area contributed by atoms with Gasteiger partial charge < -0.3 is 20.9 Å². The number of alkyl halides is 3. The van der Waals surface area contributed by atoms with Crippen LogP contribution in [0.3, 0.4) is 0 Å². The summed E-state index contributed by atoms with van der Waals surface area (Å²) < 4.78 is 37.6. The van der Waals surface area contributed by atoms with Crippen molar-refractivity contribution in [2.24, 2.45) is 17.1 Å². The topological polar surface area (TPSA) is 119 Å². The second-order valence-corrected chi connectivity index (χ2v) is 10.2. The first-order valence-corrected chi connectivity index (χ1v) is 11.5. The predicted octanol–water partition coefficient (Wildman–Crippen LogP) is 4.99. The molecular formula is C25H39F3N2O5. The normalized spacial score (nSPS) is 12.8. The number of hydrogen-bond donors (Lipinski definition) is 3. The van der Waals surface area contributed by atoms with Crippen LogP contribution in [0.1, 0.15) is 84.8 Å². The van der Waals surface area contributed by atoms with E-state index >= 15 is 0 Å². The van der Waals surface area contributed by atoms with Gasteiger partial charge in [0, 0.05) is 6.54 Å². The van der Waals surface area contributed by atoms with Gasteiger partial charge in [-0.05, 0) is 34.3 Å². The van der Waals surface area contributed by atoms with Gasteiger partial charge in [0.1, 0.15) is 5.75 Å². The van der Waals surface area contributed by atoms with Crippen molar-refractivity contribution in [3.8, 4) is 5.75 Å². The Bertz CT molecular complexity index is 839. The third-order valence-electron chi connectivity index (χ3n) is 5.16. The molecule has 1 amide bonds. The van der Waals surface area contributed by atoms with E-state index in [1.165, 1.54) is 0 Å². The zero-order valence-electron chi connectivity index (χ0n) is 21.7. The van der Waals surface area contributed by atoms with Crippen molar-refractivity contribution in [2.45, 2.75) is 85.9 Å². The van der Waals surface area contributed by atoms with Crippen LogP contribution < -0.4 is 15.8 Å². The van der Waals surface area contributed by atoms with Crippen LogP contribution in [-0.4, -0.2) is 41.7 Å². The molecule has 0 aliphatic heterocycles. The maximum atomic E-state index is 12.7. The Morgan fingerprint density at radius 1 is 1.00 bits per heavy atom. The van der Waals surface area contributed by atoms with Gasteiger partial charge in [-0.3, -0.25) is 9.59 Å². The summed E-state index contributed by atoms with van der Waals surface area (Å²) in [5, 5.41) is 9.99. The van der Waals surface area contributed by atoms with E-state index in [0.29, 0.717) is 12.3 Å². The van der Waals surface area contributed by atoms with Crippen molar-refractivity contribution < 1.29 is 37.4 Å². The second kappa shape index (κ2) is 13.5. The van der Waals surface area contributed by atoms with Crippen LogP contribution in [0.5, 0.6) is 5.75 Å². The first-order valence-electron chi connectivity index (χ1n) is 11.5. The quantitative estimate of drug-likeness (QED) is 0.322. The van der Waals surface area contributed by atoms with Crippen LogP contribution in [0.25, 0.3) is 0 Å². The number of nitrogens with one attached hydrogen (secondary N) is 1. The van der Waals surface area contributed by atoms with Gasteiger partial charge in [0.05, 0.1) is 12.5 Å². The van der Waals surface area contributed by atoms with Crippen LogP contribution >= 0.6 is 0 Å². The smallest absolute Gasteiger partial charge is 0.475 e. The molecule has 0 unspecified atom stereocenters. The number of carboxylic acid groups (broad SMARTS) is 1. The van der Waals surface area contributed by atoms with Gasteiger partial charge in [-0.1, -0.05) is 73.6 Å². The molecule has 0 aromatic heterocycles. The SMILES string of the molecule is CC(C)c1cccc(C(C)C)c1OC(=O)CC(C)(C)CNC(=O)[C@@H](N)C(C)C.O=C(O)C(F)(F)F. The highest BCUT2D eigenvalue weighted by atomic mass is 19.4. The third kappa shape index (κ3) is 11.6.